The maximum atomic E-state index is 12.1. The standard InChI is InChI=1S/C17H22N2O4/c1-12-4-3-9-19(10-12)16(21)11-23-17(22)14-5-7-15(8-6-14)18-13(2)20/h5-8,12H,3-4,9-11H2,1-2H3,(H,18,20)/t12-/m0/s1. The summed E-state index contributed by atoms with van der Waals surface area (Å²) in [5, 5.41) is 2.62. The minimum Gasteiger partial charge on any atom is -0.452 e. The second-order valence-corrected chi connectivity index (χ2v) is 5.92. The van der Waals surface area contributed by atoms with Crippen molar-refractivity contribution in [1.82, 2.24) is 4.90 Å². The van der Waals surface area contributed by atoms with Crippen LogP contribution in [0.1, 0.15) is 37.0 Å². The summed E-state index contributed by atoms with van der Waals surface area (Å²) in [6.45, 7) is 4.74. The van der Waals surface area contributed by atoms with Crippen LogP contribution >= 0.6 is 0 Å². The van der Waals surface area contributed by atoms with Crippen LogP contribution in [0.5, 0.6) is 0 Å². The molecule has 0 radical (unpaired) electrons. The largest absolute Gasteiger partial charge is 0.452 e. The van der Waals surface area contributed by atoms with Gasteiger partial charge in [0, 0.05) is 25.7 Å². The highest BCUT2D eigenvalue weighted by Gasteiger charge is 2.22. The molecule has 1 N–H and O–H groups in total. The second-order valence-electron chi connectivity index (χ2n) is 5.92. The van der Waals surface area contributed by atoms with Gasteiger partial charge in [-0.25, -0.2) is 4.79 Å². The Balaban J connectivity index is 1.84. The van der Waals surface area contributed by atoms with Gasteiger partial charge in [0.15, 0.2) is 6.61 Å². The van der Waals surface area contributed by atoms with Crippen LogP contribution in [0.15, 0.2) is 24.3 Å². The lowest BCUT2D eigenvalue weighted by Gasteiger charge is -2.30. The summed E-state index contributed by atoms with van der Waals surface area (Å²) in [5.74, 6) is -0.385. The van der Waals surface area contributed by atoms with Gasteiger partial charge in [-0.3, -0.25) is 9.59 Å². The third-order valence-corrected chi connectivity index (χ3v) is 3.78. The average molecular weight is 318 g/mol. The van der Waals surface area contributed by atoms with Crippen molar-refractivity contribution >= 4 is 23.5 Å². The number of hydrogen-bond acceptors (Lipinski definition) is 4. The van der Waals surface area contributed by atoms with Crippen LogP contribution in [0.3, 0.4) is 0 Å². The number of nitrogens with one attached hydrogen (secondary N) is 1. The van der Waals surface area contributed by atoms with Crippen molar-refractivity contribution in [3.05, 3.63) is 29.8 Å². The predicted molar refractivity (Wildman–Crippen MR) is 86.0 cm³/mol. The molecule has 1 heterocycles. The minimum absolute atomic E-state index is 0.153. The summed E-state index contributed by atoms with van der Waals surface area (Å²) >= 11 is 0. The molecule has 0 aliphatic carbocycles. The Kier molecular flexibility index (Phi) is 5.73. The van der Waals surface area contributed by atoms with Crippen molar-refractivity contribution < 1.29 is 19.1 Å². The SMILES string of the molecule is CC(=O)Nc1ccc(C(=O)OCC(=O)N2CCC[C@H](C)C2)cc1. The topological polar surface area (TPSA) is 75.7 Å². The van der Waals surface area contributed by atoms with Gasteiger partial charge >= 0.3 is 5.97 Å². The van der Waals surface area contributed by atoms with Crippen LogP contribution in [0.2, 0.25) is 0 Å². The van der Waals surface area contributed by atoms with Crippen molar-refractivity contribution in [3.8, 4) is 0 Å². The third-order valence-electron chi connectivity index (χ3n) is 3.78. The molecule has 1 aliphatic rings. The van der Waals surface area contributed by atoms with E-state index in [1.807, 2.05) is 0 Å². The molecule has 0 bridgehead atoms. The molecule has 23 heavy (non-hydrogen) atoms. The van der Waals surface area contributed by atoms with Crippen molar-refractivity contribution in [2.24, 2.45) is 5.92 Å². The maximum Gasteiger partial charge on any atom is 0.338 e. The van der Waals surface area contributed by atoms with E-state index >= 15 is 0 Å². The van der Waals surface area contributed by atoms with Crippen molar-refractivity contribution in [2.45, 2.75) is 26.7 Å². The van der Waals surface area contributed by atoms with E-state index < -0.39 is 5.97 Å². The van der Waals surface area contributed by atoms with Gasteiger partial charge in [-0.2, -0.15) is 0 Å². The number of rotatable bonds is 4. The lowest BCUT2D eigenvalue weighted by molar-refractivity contribution is -0.136. The predicted octanol–water partition coefficient (Wildman–Crippen LogP) is 2.06. The minimum atomic E-state index is -0.544. The Labute approximate surface area is 135 Å². The van der Waals surface area contributed by atoms with Crippen LogP contribution in [-0.4, -0.2) is 42.4 Å². The average Bonchev–Trinajstić information content (AvgIpc) is 2.52. The lowest BCUT2D eigenvalue weighted by Crippen LogP contribution is -2.41. The van der Waals surface area contributed by atoms with Gasteiger partial charge in [0.2, 0.25) is 5.91 Å². The monoisotopic (exact) mass is 318 g/mol. The first kappa shape index (κ1) is 17.0. The van der Waals surface area contributed by atoms with E-state index in [1.54, 1.807) is 29.2 Å². The Morgan fingerprint density at radius 2 is 1.96 bits per heavy atom. The van der Waals surface area contributed by atoms with Gasteiger partial charge < -0.3 is 15.0 Å². The van der Waals surface area contributed by atoms with E-state index in [-0.39, 0.29) is 18.4 Å². The molecule has 1 aromatic carbocycles. The number of hydrogen-bond donors (Lipinski definition) is 1. The smallest absolute Gasteiger partial charge is 0.338 e. The summed E-state index contributed by atoms with van der Waals surface area (Å²) < 4.78 is 5.08. The number of anilines is 1. The molecule has 6 heteroatoms. The van der Waals surface area contributed by atoms with Gasteiger partial charge in [0.05, 0.1) is 5.56 Å². The van der Waals surface area contributed by atoms with Crippen LogP contribution < -0.4 is 5.32 Å². The molecule has 1 aliphatic heterocycles. The van der Waals surface area contributed by atoms with Gasteiger partial charge in [-0.15, -0.1) is 0 Å². The van der Waals surface area contributed by atoms with E-state index in [0.717, 1.165) is 25.9 Å². The zero-order valence-corrected chi connectivity index (χ0v) is 13.5. The summed E-state index contributed by atoms with van der Waals surface area (Å²) in [6.07, 6.45) is 2.12. The van der Waals surface area contributed by atoms with E-state index in [2.05, 4.69) is 12.2 Å². The highest BCUT2D eigenvalue weighted by Crippen LogP contribution is 2.16. The summed E-state index contributed by atoms with van der Waals surface area (Å²) in [6, 6.07) is 6.35. The second kappa shape index (κ2) is 7.76. The van der Waals surface area contributed by atoms with Crippen LogP contribution in [0.25, 0.3) is 0 Å². The molecule has 0 saturated carbocycles. The zero-order chi connectivity index (χ0) is 16.8. The highest BCUT2D eigenvalue weighted by molar-refractivity contribution is 5.93. The molecule has 1 atom stereocenters. The van der Waals surface area contributed by atoms with E-state index in [9.17, 15) is 14.4 Å². The molecule has 2 rings (SSSR count). The third kappa shape index (κ3) is 5.09. The number of nitrogens with zero attached hydrogens (tertiary/aromatic N) is 1. The van der Waals surface area contributed by atoms with Gasteiger partial charge in [-0.05, 0) is 43.0 Å². The van der Waals surface area contributed by atoms with Crippen molar-refractivity contribution in [2.75, 3.05) is 25.0 Å². The number of amides is 2. The first-order valence-electron chi connectivity index (χ1n) is 7.78. The fourth-order valence-electron chi connectivity index (χ4n) is 2.61. The molecule has 0 unspecified atom stereocenters. The first-order valence-corrected chi connectivity index (χ1v) is 7.78. The van der Waals surface area contributed by atoms with Gasteiger partial charge in [0.1, 0.15) is 0 Å². The Bertz CT molecular complexity index is 583. The number of esters is 1. The van der Waals surface area contributed by atoms with E-state index in [1.165, 1.54) is 6.92 Å². The number of ether oxygens (including phenoxy) is 1. The summed E-state index contributed by atoms with van der Waals surface area (Å²) in [5.41, 5.74) is 0.950. The number of piperidine rings is 1. The van der Waals surface area contributed by atoms with E-state index in [0.29, 0.717) is 17.2 Å². The molecular formula is C17H22N2O4. The van der Waals surface area contributed by atoms with Crippen LogP contribution in [-0.2, 0) is 14.3 Å². The van der Waals surface area contributed by atoms with Crippen molar-refractivity contribution in [1.29, 1.82) is 0 Å². The van der Waals surface area contributed by atoms with E-state index in [4.69, 9.17) is 4.74 Å². The fourth-order valence-corrected chi connectivity index (χ4v) is 2.61. The highest BCUT2D eigenvalue weighted by atomic mass is 16.5. The molecule has 124 valence electrons. The number of carbonyl (C=O) groups excluding carboxylic acids is 3. The quantitative estimate of drug-likeness (QED) is 0.862. The Morgan fingerprint density at radius 1 is 1.26 bits per heavy atom. The fraction of sp³-hybridized carbons (Fsp3) is 0.471. The Hall–Kier alpha value is -2.37. The van der Waals surface area contributed by atoms with Crippen LogP contribution in [0.4, 0.5) is 5.69 Å². The maximum absolute atomic E-state index is 12.1. The molecule has 1 aromatic rings. The van der Waals surface area contributed by atoms with Crippen LogP contribution in [0, 0.1) is 5.92 Å². The van der Waals surface area contributed by atoms with Crippen molar-refractivity contribution in [3.63, 3.8) is 0 Å². The molecule has 0 spiro atoms. The summed E-state index contributed by atoms with van der Waals surface area (Å²) in [7, 11) is 0. The molecule has 0 aromatic heterocycles. The molecular weight excluding hydrogens is 296 g/mol. The molecule has 1 fully saturated rings. The van der Waals surface area contributed by atoms with Gasteiger partial charge in [0.25, 0.3) is 5.91 Å². The number of carbonyl (C=O) groups is 3. The Morgan fingerprint density at radius 3 is 2.57 bits per heavy atom. The molecule has 2 amide bonds. The first-order chi connectivity index (χ1) is 11.0. The normalized spacial score (nSPS) is 17.5. The molecule has 1 saturated heterocycles. The number of benzene rings is 1. The number of likely N-dealkylation sites (tertiary alicyclic amines) is 1. The summed E-state index contributed by atoms with van der Waals surface area (Å²) in [4.78, 5) is 36.7. The molecule has 6 nitrogen and oxygen atoms in total. The van der Waals surface area contributed by atoms with Gasteiger partial charge in [-0.1, -0.05) is 6.92 Å². The zero-order valence-electron chi connectivity index (χ0n) is 13.5. The lowest BCUT2D eigenvalue weighted by atomic mass is 10.0.